The molecular weight excluding hydrogens is 168 g/mol. The lowest BCUT2D eigenvalue weighted by atomic mass is 10.1. The average molecular weight is 188 g/mol. The maximum atomic E-state index is 10.6. The molecule has 3 heteroatoms. The van der Waals surface area contributed by atoms with Crippen LogP contribution in [0.3, 0.4) is 0 Å². The van der Waals surface area contributed by atoms with E-state index in [0.29, 0.717) is 18.9 Å². The van der Waals surface area contributed by atoms with Crippen molar-refractivity contribution in [1.82, 2.24) is 0 Å². The van der Waals surface area contributed by atoms with Crippen LogP contribution in [0.15, 0.2) is 0 Å². The minimum Gasteiger partial charge on any atom is -0.479 e. The van der Waals surface area contributed by atoms with Gasteiger partial charge in [-0.05, 0) is 18.8 Å². The Morgan fingerprint density at radius 3 is 2.46 bits per heavy atom. The fraction of sp³-hybridized carbons (Fsp3) is 0.900. The number of hydrogen-bond acceptors (Lipinski definition) is 2. The summed E-state index contributed by atoms with van der Waals surface area (Å²) >= 11 is 0. The molecule has 78 valence electrons. The van der Waals surface area contributed by atoms with Gasteiger partial charge in [-0.3, -0.25) is 0 Å². The minimum atomic E-state index is -0.855. The number of rotatable bonds is 7. The zero-order valence-electron chi connectivity index (χ0n) is 8.75. The van der Waals surface area contributed by atoms with Gasteiger partial charge in [0.1, 0.15) is 0 Å². The second-order valence-corrected chi connectivity index (χ2v) is 3.46. The van der Waals surface area contributed by atoms with Gasteiger partial charge in [0.15, 0.2) is 6.10 Å². The molecule has 0 saturated heterocycles. The molecule has 0 aliphatic heterocycles. The van der Waals surface area contributed by atoms with Gasteiger partial charge < -0.3 is 9.84 Å². The van der Waals surface area contributed by atoms with Crippen LogP contribution in [0.2, 0.25) is 0 Å². The fourth-order valence-corrected chi connectivity index (χ4v) is 1.22. The second kappa shape index (κ2) is 6.89. The maximum Gasteiger partial charge on any atom is 0.332 e. The van der Waals surface area contributed by atoms with Gasteiger partial charge in [0.2, 0.25) is 0 Å². The lowest BCUT2D eigenvalue weighted by Crippen LogP contribution is -2.25. The predicted octanol–water partition coefficient (Wildman–Crippen LogP) is 2.30. The zero-order chi connectivity index (χ0) is 10.3. The van der Waals surface area contributed by atoms with E-state index >= 15 is 0 Å². The smallest absolute Gasteiger partial charge is 0.332 e. The standard InChI is InChI=1S/C10H20O3/c1-4-6-8(3)7-13-9(5-2)10(11)12/h8-9H,4-7H2,1-3H3,(H,11,12). The van der Waals surface area contributed by atoms with Crippen LogP contribution in [0, 0.1) is 5.92 Å². The number of hydrogen-bond donors (Lipinski definition) is 1. The maximum absolute atomic E-state index is 10.6. The normalized spacial score (nSPS) is 15.3. The molecule has 2 unspecified atom stereocenters. The Balaban J connectivity index is 3.65. The summed E-state index contributed by atoms with van der Waals surface area (Å²) in [5.41, 5.74) is 0. The molecule has 2 atom stereocenters. The van der Waals surface area contributed by atoms with Gasteiger partial charge in [-0.25, -0.2) is 4.79 Å². The molecule has 0 heterocycles. The Morgan fingerprint density at radius 1 is 1.46 bits per heavy atom. The summed E-state index contributed by atoms with van der Waals surface area (Å²) in [5.74, 6) is -0.399. The van der Waals surface area contributed by atoms with Gasteiger partial charge in [-0.2, -0.15) is 0 Å². The zero-order valence-corrected chi connectivity index (χ0v) is 8.75. The summed E-state index contributed by atoms with van der Waals surface area (Å²) in [6.45, 7) is 6.57. The predicted molar refractivity (Wildman–Crippen MR) is 51.7 cm³/mol. The lowest BCUT2D eigenvalue weighted by Gasteiger charge is -2.15. The van der Waals surface area contributed by atoms with Crippen LogP contribution in [0.4, 0.5) is 0 Å². The highest BCUT2D eigenvalue weighted by Gasteiger charge is 2.16. The monoisotopic (exact) mass is 188 g/mol. The SMILES string of the molecule is CCCC(C)COC(CC)C(=O)O. The molecule has 0 saturated carbocycles. The van der Waals surface area contributed by atoms with Gasteiger partial charge in [0.05, 0.1) is 6.61 Å². The summed E-state index contributed by atoms with van der Waals surface area (Å²) in [5, 5.41) is 8.69. The van der Waals surface area contributed by atoms with E-state index in [1.54, 1.807) is 0 Å². The van der Waals surface area contributed by atoms with Crippen molar-refractivity contribution in [2.75, 3.05) is 6.61 Å². The van der Waals surface area contributed by atoms with E-state index in [0.717, 1.165) is 12.8 Å². The average Bonchev–Trinajstić information content (AvgIpc) is 2.05. The number of carbonyl (C=O) groups is 1. The van der Waals surface area contributed by atoms with E-state index < -0.39 is 12.1 Å². The first-order chi connectivity index (χ1) is 6.11. The van der Waals surface area contributed by atoms with E-state index in [4.69, 9.17) is 9.84 Å². The van der Waals surface area contributed by atoms with Crippen LogP contribution in [-0.4, -0.2) is 23.8 Å². The van der Waals surface area contributed by atoms with Crippen molar-refractivity contribution >= 4 is 5.97 Å². The summed E-state index contributed by atoms with van der Waals surface area (Å²) in [6.07, 6.45) is 2.12. The van der Waals surface area contributed by atoms with Gasteiger partial charge in [0.25, 0.3) is 0 Å². The summed E-state index contributed by atoms with van der Waals surface area (Å²) < 4.78 is 5.27. The molecule has 0 amide bonds. The molecule has 0 radical (unpaired) electrons. The van der Waals surface area contributed by atoms with Crippen molar-refractivity contribution in [2.45, 2.75) is 46.1 Å². The first kappa shape index (κ1) is 12.4. The highest BCUT2D eigenvalue weighted by Crippen LogP contribution is 2.08. The number of carboxylic acid groups (broad SMARTS) is 1. The Hall–Kier alpha value is -0.570. The molecule has 13 heavy (non-hydrogen) atoms. The van der Waals surface area contributed by atoms with E-state index in [-0.39, 0.29) is 0 Å². The minimum absolute atomic E-state index is 0.457. The molecule has 0 fully saturated rings. The van der Waals surface area contributed by atoms with Gasteiger partial charge in [-0.1, -0.05) is 27.2 Å². The molecule has 0 aromatic carbocycles. The molecule has 0 aliphatic carbocycles. The highest BCUT2D eigenvalue weighted by molar-refractivity contribution is 5.72. The topological polar surface area (TPSA) is 46.5 Å². The second-order valence-electron chi connectivity index (χ2n) is 3.46. The molecule has 0 aromatic rings. The van der Waals surface area contributed by atoms with Gasteiger partial charge in [0, 0.05) is 0 Å². The Labute approximate surface area is 80.1 Å². The Kier molecular flexibility index (Phi) is 6.59. The van der Waals surface area contributed by atoms with Crippen LogP contribution >= 0.6 is 0 Å². The Bertz CT molecular complexity index is 145. The van der Waals surface area contributed by atoms with Crippen molar-refractivity contribution in [3.63, 3.8) is 0 Å². The molecule has 0 aliphatic rings. The molecule has 0 rings (SSSR count). The van der Waals surface area contributed by atoms with Crippen LogP contribution in [-0.2, 0) is 9.53 Å². The molecule has 0 spiro atoms. The molecule has 1 N–H and O–H groups in total. The van der Waals surface area contributed by atoms with Gasteiger partial charge in [-0.15, -0.1) is 0 Å². The first-order valence-electron chi connectivity index (χ1n) is 4.96. The summed E-state index contributed by atoms with van der Waals surface area (Å²) in [7, 11) is 0. The van der Waals surface area contributed by atoms with E-state index in [1.165, 1.54) is 0 Å². The van der Waals surface area contributed by atoms with Gasteiger partial charge >= 0.3 is 5.97 Å². The van der Waals surface area contributed by atoms with Crippen LogP contribution < -0.4 is 0 Å². The summed E-state index contributed by atoms with van der Waals surface area (Å²) in [6, 6.07) is 0. The lowest BCUT2D eigenvalue weighted by molar-refractivity contribution is -0.151. The largest absolute Gasteiger partial charge is 0.479 e. The van der Waals surface area contributed by atoms with Crippen molar-refractivity contribution < 1.29 is 14.6 Å². The third kappa shape index (κ3) is 5.64. The van der Waals surface area contributed by atoms with Crippen LogP contribution in [0.1, 0.15) is 40.0 Å². The molecule has 0 bridgehead atoms. The fourth-order valence-electron chi connectivity index (χ4n) is 1.22. The van der Waals surface area contributed by atoms with Crippen LogP contribution in [0.5, 0.6) is 0 Å². The third-order valence-corrected chi connectivity index (χ3v) is 2.01. The van der Waals surface area contributed by atoms with E-state index in [9.17, 15) is 4.79 Å². The molecule has 0 aromatic heterocycles. The van der Waals surface area contributed by atoms with E-state index in [2.05, 4.69) is 13.8 Å². The van der Waals surface area contributed by atoms with Crippen molar-refractivity contribution in [3.8, 4) is 0 Å². The molecule has 3 nitrogen and oxygen atoms in total. The first-order valence-corrected chi connectivity index (χ1v) is 4.96. The van der Waals surface area contributed by atoms with E-state index in [1.807, 2.05) is 6.92 Å². The number of ether oxygens (including phenoxy) is 1. The summed E-state index contributed by atoms with van der Waals surface area (Å²) in [4.78, 5) is 10.6. The number of carboxylic acids is 1. The van der Waals surface area contributed by atoms with Crippen molar-refractivity contribution in [3.05, 3.63) is 0 Å². The molecular formula is C10H20O3. The highest BCUT2D eigenvalue weighted by atomic mass is 16.5. The van der Waals surface area contributed by atoms with Crippen LogP contribution in [0.25, 0.3) is 0 Å². The third-order valence-electron chi connectivity index (χ3n) is 2.01. The Morgan fingerprint density at radius 2 is 2.08 bits per heavy atom. The van der Waals surface area contributed by atoms with Crippen molar-refractivity contribution in [1.29, 1.82) is 0 Å². The quantitative estimate of drug-likeness (QED) is 0.666. The number of aliphatic carboxylic acids is 1. The van der Waals surface area contributed by atoms with Crippen molar-refractivity contribution in [2.24, 2.45) is 5.92 Å².